The highest BCUT2D eigenvalue weighted by Crippen LogP contribution is 2.35. The van der Waals surface area contributed by atoms with Crippen LogP contribution in [0, 0.1) is 0 Å². The van der Waals surface area contributed by atoms with Gasteiger partial charge in [-0.3, -0.25) is 4.90 Å². The predicted octanol–water partition coefficient (Wildman–Crippen LogP) is 2.82. The molecule has 2 aromatic carbocycles. The van der Waals surface area contributed by atoms with Gasteiger partial charge in [-0.2, -0.15) is 0 Å². The average Bonchev–Trinajstić information content (AvgIpc) is 3.03. The maximum absolute atomic E-state index is 13.1. The highest BCUT2D eigenvalue weighted by atomic mass is 32.2. The number of nitrogens with zero attached hydrogens (tertiary/aromatic N) is 2. The van der Waals surface area contributed by atoms with Crippen molar-refractivity contribution in [3.05, 3.63) is 65.9 Å². The maximum atomic E-state index is 13.1. The average molecular weight is 312 g/mol. The zero-order valence-electron chi connectivity index (χ0n) is 12.2. The van der Waals surface area contributed by atoms with Crippen molar-refractivity contribution in [2.24, 2.45) is 0 Å². The fraction of sp³-hybridized carbons (Fsp3) is 0.176. The maximum Gasteiger partial charge on any atom is 0.268 e. The van der Waals surface area contributed by atoms with Gasteiger partial charge in [-0.05, 0) is 30.8 Å². The summed E-state index contributed by atoms with van der Waals surface area (Å²) in [6, 6.07) is 16.4. The quantitative estimate of drug-likeness (QED) is 0.731. The van der Waals surface area contributed by atoms with Crippen LogP contribution in [-0.4, -0.2) is 24.3 Å². The van der Waals surface area contributed by atoms with E-state index in [0.717, 1.165) is 28.7 Å². The molecule has 4 rings (SSSR count). The molecule has 0 N–H and O–H groups in total. The second-order valence-electron chi connectivity index (χ2n) is 5.70. The van der Waals surface area contributed by atoms with Gasteiger partial charge >= 0.3 is 0 Å². The molecule has 4 nitrogen and oxygen atoms in total. The summed E-state index contributed by atoms with van der Waals surface area (Å²) in [6.07, 6.45) is 0. The van der Waals surface area contributed by atoms with Crippen molar-refractivity contribution >= 4 is 20.9 Å². The van der Waals surface area contributed by atoms with Crippen LogP contribution in [0.5, 0.6) is 0 Å². The lowest BCUT2D eigenvalue weighted by Gasteiger charge is -2.13. The van der Waals surface area contributed by atoms with Gasteiger partial charge < -0.3 is 0 Å². The van der Waals surface area contributed by atoms with Gasteiger partial charge in [-0.15, -0.1) is 0 Å². The molecule has 1 aliphatic heterocycles. The van der Waals surface area contributed by atoms with Crippen LogP contribution in [0.2, 0.25) is 0 Å². The second kappa shape index (κ2) is 4.69. The molecule has 0 radical (unpaired) electrons. The molecule has 0 atom stereocenters. The molecule has 0 unspecified atom stereocenters. The first kappa shape index (κ1) is 13.5. The summed E-state index contributed by atoms with van der Waals surface area (Å²) in [5.74, 6) is 0. The molecule has 0 saturated heterocycles. The van der Waals surface area contributed by atoms with Gasteiger partial charge in [0.1, 0.15) is 0 Å². The topological polar surface area (TPSA) is 42.3 Å². The molecular weight excluding hydrogens is 296 g/mol. The lowest BCUT2D eigenvalue weighted by molar-refractivity contribution is 0.350. The SMILES string of the molecule is CN1Cc2c(n(S(=O)(=O)c3ccccc3)c3ccccc23)C1. The minimum Gasteiger partial charge on any atom is -0.296 e. The fourth-order valence-electron chi connectivity index (χ4n) is 3.22. The highest BCUT2D eigenvalue weighted by molar-refractivity contribution is 7.90. The summed E-state index contributed by atoms with van der Waals surface area (Å²) >= 11 is 0. The third-order valence-corrected chi connectivity index (χ3v) is 5.94. The Morgan fingerprint density at radius 3 is 2.36 bits per heavy atom. The van der Waals surface area contributed by atoms with E-state index in [9.17, 15) is 8.42 Å². The Morgan fingerprint density at radius 1 is 0.909 bits per heavy atom. The summed E-state index contributed by atoms with van der Waals surface area (Å²) in [5.41, 5.74) is 2.77. The largest absolute Gasteiger partial charge is 0.296 e. The van der Waals surface area contributed by atoms with Crippen LogP contribution >= 0.6 is 0 Å². The Kier molecular flexibility index (Phi) is 2.89. The molecule has 3 aromatic rings. The van der Waals surface area contributed by atoms with Crippen LogP contribution in [0.1, 0.15) is 11.3 Å². The van der Waals surface area contributed by atoms with Gasteiger partial charge in [0.15, 0.2) is 0 Å². The summed E-state index contributed by atoms with van der Waals surface area (Å²) in [6.45, 7) is 1.43. The number of fused-ring (bicyclic) bond motifs is 3. The molecule has 0 bridgehead atoms. The number of para-hydroxylation sites is 1. The van der Waals surface area contributed by atoms with E-state index in [4.69, 9.17) is 0 Å². The zero-order valence-corrected chi connectivity index (χ0v) is 13.0. The summed E-state index contributed by atoms with van der Waals surface area (Å²) in [4.78, 5) is 2.46. The Hall–Kier alpha value is -2.11. The summed E-state index contributed by atoms with van der Waals surface area (Å²) in [7, 11) is -1.57. The first-order valence-electron chi connectivity index (χ1n) is 7.19. The molecule has 0 aliphatic carbocycles. The van der Waals surface area contributed by atoms with Gasteiger partial charge in [0.2, 0.25) is 0 Å². The Bertz CT molecular complexity index is 959. The molecule has 22 heavy (non-hydrogen) atoms. The Labute approximate surface area is 129 Å². The fourth-order valence-corrected chi connectivity index (χ4v) is 4.81. The van der Waals surface area contributed by atoms with E-state index in [1.54, 1.807) is 24.3 Å². The minimum atomic E-state index is -3.58. The van der Waals surface area contributed by atoms with Crippen molar-refractivity contribution < 1.29 is 8.42 Å². The molecule has 5 heteroatoms. The molecule has 0 fully saturated rings. The van der Waals surface area contributed by atoms with Crippen molar-refractivity contribution in [1.29, 1.82) is 0 Å². The van der Waals surface area contributed by atoms with Gasteiger partial charge in [0.05, 0.1) is 16.1 Å². The van der Waals surface area contributed by atoms with Crippen LogP contribution in [0.3, 0.4) is 0 Å². The van der Waals surface area contributed by atoms with E-state index < -0.39 is 10.0 Å². The molecule has 0 spiro atoms. The third kappa shape index (κ3) is 1.82. The third-order valence-electron chi connectivity index (χ3n) is 4.17. The van der Waals surface area contributed by atoms with Gasteiger partial charge in [0, 0.05) is 18.5 Å². The number of hydrogen-bond acceptors (Lipinski definition) is 3. The Morgan fingerprint density at radius 2 is 1.59 bits per heavy atom. The molecule has 1 aliphatic rings. The van der Waals surface area contributed by atoms with Gasteiger partial charge in [-0.25, -0.2) is 12.4 Å². The molecule has 1 aromatic heterocycles. The lowest BCUT2D eigenvalue weighted by Crippen LogP contribution is -2.17. The lowest BCUT2D eigenvalue weighted by atomic mass is 10.1. The molecular formula is C17H16N2O2S. The van der Waals surface area contributed by atoms with Crippen molar-refractivity contribution in [3.63, 3.8) is 0 Å². The van der Waals surface area contributed by atoms with Crippen molar-refractivity contribution in [3.8, 4) is 0 Å². The van der Waals surface area contributed by atoms with E-state index in [-0.39, 0.29) is 0 Å². The van der Waals surface area contributed by atoms with Crippen molar-refractivity contribution in [1.82, 2.24) is 8.87 Å². The molecule has 112 valence electrons. The van der Waals surface area contributed by atoms with Crippen LogP contribution in [-0.2, 0) is 23.1 Å². The zero-order chi connectivity index (χ0) is 15.3. The number of aromatic nitrogens is 1. The van der Waals surface area contributed by atoms with E-state index in [1.165, 1.54) is 3.97 Å². The van der Waals surface area contributed by atoms with E-state index in [1.807, 2.05) is 37.4 Å². The molecule has 0 saturated carbocycles. The van der Waals surface area contributed by atoms with Crippen LogP contribution in [0.25, 0.3) is 10.9 Å². The van der Waals surface area contributed by atoms with Crippen LogP contribution in [0.4, 0.5) is 0 Å². The van der Waals surface area contributed by atoms with E-state index >= 15 is 0 Å². The second-order valence-corrected chi connectivity index (χ2v) is 7.48. The normalized spacial score (nSPS) is 15.3. The standard InChI is InChI=1S/C17H16N2O2S/c1-18-11-15-14-9-5-6-10-16(14)19(17(15)12-18)22(20,21)13-7-3-2-4-8-13/h2-10H,11-12H2,1H3. The van der Waals surface area contributed by atoms with E-state index in [0.29, 0.717) is 11.4 Å². The van der Waals surface area contributed by atoms with Crippen molar-refractivity contribution in [2.45, 2.75) is 18.0 Å². The highest BCUT2D eigenvalue weighted by Gasteiger charge is 2.30. The van der Waals surface area contributed by atoms with Gasteiger partial charge in [0.25, 0.3) is 10.0 Å². The van der Waals surface area contributed by atoms with E-state index in [2.05, 4.69) is 4.90 Å². The van der Waals surface area contributed by atoms with Crippen LogP contribution in [0.15, 0.2) is 59.5 Å². The number of rotatable bonds is 2. The van der Waals surface area contributed by atoms with Crippen LogP contribution < -0.4 is 0 Å². The molecule has 0 amide bonds. The molecule has 2 heterocycles. The number of benzene rings is 2. The van der Waals surface area contributed by atoms with Gasteiger partial charge in [-0.1, -0.05) is 36.4 Å². The first-order valence-corrected chi connectivity index (χ1v) is 8.63. The van der Waals surface area contributed by atoms with Crippen molar-refractivity contribution in [2.75, 3.05) is 7.05 Å². The number of hydrogen-bond donors (Lipinski definition) is 0. The summed E-state index contributed by atoms with van der Waals surface area (Å²) in [5, 5.41) is 1.03. The summed E-state index contributed by atoms with van der Waals surface area (Å²) < 4.78 is 27.8. The minimum absolute atomic E-state index is 0.327. The monoisotopic (exact) mass is 312 g/mol. The first-order chi connectivity index (χ1) is 10.6. The Balaban J connectivity index is 2.06. The smallest absolute Gasteiger partial charge is 0.268 e. The predicted molar refractivity (Wildman–Crippen MR) is 86.1 cm³/mol.